The summed E-state index contributed by atoms with van der Waals surface area (Å²) in [4.78, 5) is 15.0. The lowest BCUT2D eigenvalue weighted by Gasteiger charge is -2.12. The minimum Gasteiger partial charge on any atom is -0.481 e. The van der Waals surface area contributed by atoms with Crippen LogP contribution in [-0.2, 0) is 11.2 Å². The maximum Gasteiger partial charge on any atom is 0.303 e. The first-order chi connectivity index (χ1) is 7.65. The molecule has 1 heterocycles. The molecular formula is C11H18N2O2S. The van der Waals surface area contributed by atoms with Gasteiger partial charge in [0.1, 0.15) is 0 Å². The van der Waals surface area contributed by atoms with Crippen LogP contribution >= 0.6 is 11.3 Å². The van der Waals surface area contributed by atoms with Crippen molar-refractivity contribution in [2.24, 2.45) is 5.92 Å². The Bertz CT molecular complexity index is 338. The van der Waals surface area contributed by atoms with Gasteiger partial charge in [0.05, 0.1) is 5.69 Å². The van der Waals surface area contributed by atoms with E-state index in [9.17, 15) is 4.79 Å². The summed E-state index contributed by atoms with van der Waals surface area (Å²) in [5.41, 5.74) is 1.08. The number of hydrogen-bond donors (Lipinski definition) is 2. The van der Waals surface area contributed by atoms with E-state index in [4.69, 9.17) is 5.11 Å². The number of carboxylic acid groups (broad SMARTS) is 1. The number of hydrogen-bond acceptors (Lipinski definition) is 4. The summed E-state index contributed by atoms with van der Waals surface area (Å²) in [6, 6.07) is 0. The fourth-order valence-electron chi connectivity index (χ4n) is 1.39. The number of rotatable bonds is 7. The highest BCUT2D eigenvalue weighted by atomic mass is 32.1. The lowest BCUT2D eigenvalue weighted by molar-refractivity contribution is -0.138. The summed E-state index contributed by atoms with van der Waals surface area (Å²) >= 11 is 1.58. The van der Waals surface area contributed by atoms with Gasteiger partial charge in [-0.05, 0) is 12.3 Å². The molecule has 90 valence electrons. The number of aromatic nitrogens is 1. The Kier molecular flexibility index (Phi) is 5.25. The number of carboxylic acids is 1. The lowest BCUT2D eigenvalue weighted by atomic mass is 10.0. The Morgan fingerprint density at radius 3 is 2.88 bits per heavy atom. The fraction of sp³-hybridized carbons (Fsp3) is 0.636. The molecule has 0 radical (unpaired) electrons. The van der Waals surface area contributed by atoms with E-state index in [-0.39, 0.29) is 12.3 Å². The van der Waals surface area contributed by atoms with Crippen LogP contribution in [0, 0.1) is 5.92 Å². The SMILES string of the molecule is CCc1csc(NCC(CC)CC(=O)O)n1. The van der Waals surface area contributed by atoms with Crippen molar-refractivity contribution < 1.29 is 9.90 Å². The lowest BCUT2D eigenvalue weighted by Crippen LogP contribution is -2.17. The summed E-state index contributed by atoms with van der Waals surface area (Å²) in [5.74, 6) is -0.562. The third-order valence-electron chi connectivity index (χ3n) is 2.50. The first kappa shape index (κ1) is 13.0. The Morgan fingerprint density at radius 1 is 1.62 bits per heavy atom. The van der Waals surface area contributed by atoms with Crippen molar-refractivity contribution >= 4 is 22.4 Å². The maximum atomic E-state index is 10.6. The number of nitrogens with one attached hydrogen (secondary N) is 1. The Morgan fingerprint density at radius 2 is 2.38 bits per heavy atom. The van der Waals surface area contributed by atoms with Gasteiger partial charge < -0.3 is 10.4 Å². The summed E-state index contributed by atoms with van der Waals surface area (Å²) in [5, 5.41) is 14.8. The van der Waals surface area contributed by atoms with Crippen LogP contribution in [0.25, 0.3) is 0 Å². The zero-order valence-corrected chi connectivity index (χ0v) is 10.5. The monoisotopic (exact) mass is 242 g/mol. The van der Waals surface area contributed by atoms with Crippen molar-refractivity contribution in [1.29, 1.82) is 0 Å². The number of nitrogens with zero attached hydrogens (tertiary/aromatic N) is 1. The van der Waals surface area contributed by atoms with Crippen LogP contribution in [0.5, 0.6) is 0 Å². The largest absolute Gasteiger partial charge is 0.481 e. The molecule has 0 aliphatic rings. The molecule has 0 amide bonds. The first-order valence-corrected chi connectivity index (χ1v) is 6.43. The number of thiazole rings is 1. The predicted molar refractivity (Wildman–Crippen MR) is 66.0 cm³/mol. The minimum absolute atomic E-state index is 0.173. The molecule has 1 atom stereocenters. The standard InChI is InChI=1S/C11H18N2O2S/c1-3-8(5-10(14)15)6-12-11-13-9(4-2)7-16-11/h7-8H,3-6H2,1-2H3,(H,12,13)(H,14,15). The first-order valence-electron chi connectivity index (χ1n) is 5.55. The van der Waals surface area contributed by atoms with Gasteiger partial charge >= 0.3 is 5.97 Å². The molecule has 1 aromatic rings. The van der Waals surface area contributed by atoms with Crippen LogP contribution in [0.2, 0.25) is 0 Å². The summed E-state index contributed by atoms with van der Waals surface area (Å²) < 4.78 is 0. The molecule has 0 aliphatic heterocycles. The third kappa shape index (κ3) is 4.18. The highest BCUT2D eigenvalue weighted by molar-refractivity contribution is 7.13. The average Bonchev–Trinajstić information content (AvgIpc) is 2.71. The molecule has 1 aromatic heterocycles. The van der Waals surface area contributed by atoms with E-state index < -0.39 is 5.97 Å². The van der Waals surface area contributed by atoms with E-state index in [0.29, 0.717) is 6.54 Å². The van der Waals surface area contributed by atoms with Crippen molar-refractivity contribution in [1.82, 2.24) is 4.98 Å². The van der Waals surface area contributed by atoms with Crippen LogP contribution in [0.1, 0.15) is 32.4 Å². The van der Waals surface area contributed by atoms with Gasteiger partial charge in [-0.3, -0.25) is 4.79 Å². The molecule has 16 heavy (non-hydrogen) atoms. The second kappa shape index (κ2) is 6.48. The summed E-state index contributed by atoms with van der Waals surface area (Å²) in [7, 11) is 0. The van der Waals surface area contributed by atoms with Gasteiger partial charge in [0.2, 0.25) is 0 Å². The van der Waals surface area contributed by atoms with Crippen LogP contribution in [0.4, 0.5) is 5.13 Å². The van der Waals surface area contributed by atoms with Crippen molar-refractivity contribution in [3.8, 4) is 0 Å². The van der Waals surface area contributed by atoms with Gasteiger partial charge in [0.25, 0.3) is 0 Å². The molecule has 0 aliphatic carbocycles. The van der Waals surface area contributed by atoms with Crippen molar-refractivity contribution in [2.75, 3.05) is 11.9 Å². The molecule has 0 spiro atoms. The Labute approximate surface area is 99.7 Å². The van der Waals surface area contributed by atoms with Gasteiger partial charge in [0, 0.05) is 18.3 Å². The third-order valence-corrected chi connectivity index (χ3v) is 3.35. The van der Waals surface area contributed by atoms with E-state index in [1.165, 1.54) is 0 Å². The molecule has 5 heteroatoms. The smallest absolute Gasteiger partial charge is 0.303 e. The number of aliphatic carboxylic acids is 1. The maximum absolute atomic E-state index is 10.6. The fourth-order valence-corrected chi connectivity index (χ4v) is 2.19. The molecule has 0 saturated heterocycles. The van der Waals surface area contributed by atoms with Gasteiger partial charge in [-0.15, -0.1) is 11.3 Å². The topological polar surface area (TPSA) is 62.2 Å². The average molecular weight is 242 g/mol. The van der Waals surface area contributed by atoms with E-state index in [1.54, 1.807) is 11.3 Å². The van der Waals surface area contributed by atoms with Gasteiger partial charge in [-0.25, -0.2) is 4.98 Å². The molecular weight excluding hydrogens is 224 g/mol. The molecule has 2 N–H and O–H groups in total. The quantitative estimate of drug-likeness (QED) is 0.771. The molecule has 4 nitrogen and oxygen atoms in total. The summed E-state index contributed by atoms with van der Waals surface area (Å²) in [6.45, 7) is 4.76. The van der Waals surface area contributed by atoms with E-state index in [1.807, 2.05) is 12.3 Å². The second-order valence-corrected chi connectivity index (χ2v) is 4.61. The van der Waals surface area contributed by atoms with Crippen LogP contribution in [-0.4, -0.2) is 22.6 Å². The predicted octanol–water partition coefficient (Wildman–Crippen LogP) is 2.62. The van der Waals surface area contributed by atoms with Crippen molar-refractivity contribution in [3.05, 3.63) is 11.1 Å². The van der Waals surface area contributed by atoms with E-state index >= 15 is 0 Å². The van der Waals surface area contributed by atoms with Gasteiger partial charge in [-0.1, -0.05) is 20.3 Å². The van der Waals surface area contributed by atoms with Crippen molar-refractivity contribution in [2.45, 2.75) is 33.1 Å². The van der Waals surface area contributed by atoms with Crippen LogP contribution < -0.4 is 5.32 Å². The van der Waals surface area contributed by atoms with Crippen LogP contribution in [0.3, 0.4) is 0 Å². The number of carbonyl (C=O) groups is 1. The molecule has 0 aromatic carbocycles. The highest BCUT2D eigenvalue weighted by Crippen LogP contribution is 2.17. The number of aryl methyl sites for hydroxylation is 1. The normalized spacial score (nSPS) is 12.4. The zero-order valence-electron chi connectivity index (χ0n) is 9.69. The molecule has 0 fully saturated rings. The molecule has 0 bridgehead atoms. The van der Waals surface area contributed by atoms with Crippen LogP contribution in [0.15, 0.2) is 5.38 Å². The minimum atomic E-state index is -0.734. The molecule has 0 saturated carbocycles. The Balaban J connectivity index is 2.39. The number of anilines is 1. The molecule has 1 unspecified atom stereocenters. The van der Waals surface area contributed by atoms with E-state index in [0.717, 1.165) is 23.7 Å². The second-order valence-electron chi connectivity index (χ2n) is 3.75. The summed E-state index contributed by atoms with van der Waals surface area (Å²) in [6.07, 6.45) is 2.02. The molecule has 1 rings (SSSR count). The highest BCUT2D eigenvalue weighted by Gasteiger charge is 2.11. The Hall–Kier alpha value is -1.10. The zero-order chi connectivity index (χ0) is 12.0. The van der Waals surface area contributed by atoms with E-state index in [2.05, 4.69) is 17.2 Å². The van der Waals surface area contributed by atoms with Gasteiger partial charge in [0.15, 0.2) is 5.13 Å². The van der Waals surface area contributed by atoms with Gasteiger partial charge in [-0.2, -0.15) is 0 Å². The van der Waals surface area contributed by atoms with Crippen molar-refractivity contribution in [3.63, 3.8) is 0 Å².